The molecule has 1 aromatic carbocycles. The van der Waals surface area contributed by atoms with Gasteiger partial charge in [-0.05, 0) is 12.0 Å². The molecule has 0 saturated carbocycles. The Morgan fingerprint density at radius 3 is 2.71 bits per heavy atom. The molecule has 3 rings (SSSR count). The van der Waals surface area contributed by atoms with E-state index in [0.717, 1.165) is 31.7 Å². The van der Waals surface area contributed by atoms with E-state index in [9.17, 15) is 10.1 Å². The van der Waals surface area contributed by atoms with Crippen molar-refractivity contribution in [2.75, 3.05) is 13.2 Å². The number of nitrogens with zero attached hydrogens (tertiary/aromatic N) is 2. The molecule has 0 amide bonds. The average molecular weight is 234 g/mol. The Labute approximate surface area is 99.1 Å². The van der Waals surface area contributed by atoms with Gasteiger partial charge in [0.1, 0.15) is 0 Å². The van der Waals surface area contributed by atoms with E-state index in [-0.39, 0.29) is 10.6 Å². The Morgan fingerprint density at radius 2 is 2.18 bits per heavy atom. The van der Waals surface area contributed by atoms with Crippen LogP contribution in [0.1, 0.15) is 12.0 Å². The summed E-state index contributed by atoms with van der Waals surface area (Å²) in [7, 11) is 0. The highest BCUT2D eigenvalue weighted by atomic mass is 16.6. The zero-order valence-electron chi connectivity index (χ0n) is 9.41. The van der Waals surface area contributed by atoms with Gasteiger partial charge in [-0.15, -0.1) is 0 Å². The summed E-state index contributed by atoms with van der Waals surface area (Å²) in [6, 6.07) is 7.35. The molecule has 90 valence electrons. The van der Waals surface area contributed by atoms with E-state index in [2.05, 4.69) is 4.90 Å². The van der Waals surface area contributed by atoms with Crippen LogP contribution in [0.4, 0.5) is 5.69 Å². The van der Waals surface area contributed by atoms with Crippen molar-refractivity contribution in [3.63, 3.8) is 0 Å². The highest BCUT2D eigenvalue weighted by molar-refractivity contribution is 5.32. The van der Waals surface area contributed by atoms with Gasteiger partial charge in [0, 0.05) is 31.3 Å². The average Bonchev–Trinajstić information content (AvgIpc) is 2.91. The lowest BCUT2D eigenvalue weighted by Crippen LogP contribution is -2.36. The van der Waals surface area contributed by atoms with Gasteiger partial charge in [0.05, 0.1) is 17.6 Å². The Hall–Kier alpha value is -1.46. The number of non-ortho nitro benzene ring substituents is 1. The molecule has 0 N–H and O–H groups in total. The number of hydrogen-bond acceptors (Lipinski definition) is 4. The van der Waals surface area contributed by atoms with E-state index in [1.54, 1.807) is 12.1 Å². The SMILES string of the molecule is O=[N+]([O-])c1ccc(CN2C[C@@H]3C[C@H]2CO3)cc1. The highest BCUT2D eigenvalue weighted by Gasteiger charge is 2.38. The van der Waals surface area contributed by atoms with Crippen molar-refractivity contribution in [1.29, 1.82) is 0 Å². The maximum atomic E-state index is 10.5. The van der Waals surface area contributed by atoms with Crippen LogP contribution in [0.2, 0.25) is 0 Å². The number of rotatable bonds is 3. The van der Waals surface area contributed by atoms with Crippen LogP contribution < -0.4 is 0 Å². The Kier molecular flexibility index (Phi) is 2.57. The molecule has 0 radical (unpaired) electrons. The predicted molar refractivity (Wildman–Crippen MR) is 61.7 cm³/mol. The first-order chi connectivity index (χ1) is 8.22. The fourth-order valence-electron chi connectivity index (χ4n) is 2.63. The van der Waals surface area contributed by atoms with Gasteiger partial charge in [-0.25, -0.2) is 0 Å². The van der Waals surface area contributed by atoms with Crippen LogP contribution in [0.25, 0.3) is 0 Å². The molecule has 2 aliphatic heterocycles. The van der Waals surface area contributed by atoms with E-state index in [1.807, 2.05) is 12.1 Å². The van der Waals surface area contributed by atoms with E-state index in [1.165, 1.54) is 0 Å². The second kappa shape index (κ2) is 4.09. The monoisotopic (exact) mass is 234 g/mol. The molecule has 2 fully saturated rings. The van der Waals surface area contributed by atoms with Gasteiger partial charge in [0.15, 0.2) is 0 Å². The maximum absolute atomic E-state index is 10.5. The van der Waals surface area contributed by atoms with Crippen LogP contribution in [-0.4, -0.2) is 35.1 Å². The molecule has 0 aromatic heterocycles. The smallest absolute Gasteiger partial charge is 0.269 e. The van der Waals surface area contributed by atoms with Gasteiger partial charge in [-0.3, -0.25) is 15.0 Å². The zero-order chi connectivity index (χ0) is 11.8. The van der Waals surface area contributed by atoms with Gasteiger partial charge in [0.25, 0.3) is 5.69 Å². The number of morpholine rings is 1. The van der Waals surface area contributed by atoms with Crippen molar-refractivity contribution >= 4 is 5.69 Å². The molecule has 2 atom stereocenters. The second-order valence-corrected chi connectivity index (χ2v) is 4.70. The standard InChI is InChI=1S/C12H14N2O3/c15-14(16)10-3-1-9(2-4-10)6-13-7-12-5-11(13)8-17-12/h1-4,11-12H,5-8H2/t11-,12-/m0/s1. The first-order valence-electron chi connectivity index (χ1n) is 5.81. The van der Waals surface area contributed by atoms with Gasteiger partial charge < -0.3 is 4.74 Å². The number of ether oxygens (including phenoxy) is 1. The van der Waals surface area contributed by atoms with Gasteiger partial charge in [-0.2, -0.15) is 0 Å². The number of nitro benzene ring substituents is 1. The summed E-state index contributed by atoms with van der Waals surface area (Å²) < 4.78 is 5.54. The fraction of sp³-hybridized carbons (Fsp3) is 0.500. The summed E-state index contributed by atoms with van der Waals surface area (Å²) in [5, 5.41) is 10.5. The van der Waals surface area contributed by atoms with Crippen molar-refractivity contribution in [3.8, 4) is 0 Å². The molecule has 0 spiro atoms. The molecular weight excluding hydrogens is 220 g/mol. The lowest BCUT2D eigenvalue weighted by atomic mass is 10.2. The first-order valence-corrected chi connectivity index (χ1v) is 5.81. The third kappa shape index (κ3) is 2.03. The molecule has 2 bridgehead atoms. The minimum atomic E-state index is -0.366. The Morgan fingerprint density at radius 1 is 1.41 bits per heavy atom. The predicted octanol–water partition coefficient (Wildman–Crippen LogP) is 1.57. The molecule has 0 aliphatic carbocycles. The third-order valence-corrected chi connectivity index (χ3v) is 3.55. The van der Waals surface area contributed by atoms with Crippen molar-refractivity contribution in [2.24, 2.45) is 0 Å². The van der Waals surface area contributed by atoms with Crippen LogP contribution in [0.15, 0.2) is 24.3 Å². The van der Waals surface area contributed by atoms with E-state index in [0.29, 0.717) is 12.1 Å². The van der Waals surface area contributed by atoms with Crippen molar-refractivity contribution in [1.82, 2.24) is 4.90 Å². The fourth-order valence-corrected chi connectivity index (χ4v) is 2.63. The molecule has 0 unspecified atom stereocenters. The number of hydrogen-bond donors (Lipinski definition) is 0. The third-order valence-electron chi connectivity index (χ3n) is 3.55. The Balaban J connectivity index is 1.67. The summed E-state index contributed by atoms with van der Waals surface area (Å²) in [6.45, 7) is 2.68. The second-order valence-electron chi connectivity index (χ2n) is 4.70. The van der Waals surface area contributed by atoms with Crippen LogP contribution in [0.5, 0.6) is 0 Å². The number of benzene rings is 1. The van der Waals surface area contributed by atoms with Crippen LogP contribution in [0.3, 0.4) is 0 Å². The molecule has 17 heavy (non-hydrogen) atoms. The number of fused-ring (bicyclic) bond motifs is 2. The summed E-state index contributed by atoms with van der Waals surface area (Å²) in [6.07, 6.45) is 1.53. The Bertz CT molecular complexity index is 432. The lowest BCUT2D eigenvalue weighted by molar-refractivity contribution is -0.384. The summed E-state index contributed by atoms with van der Waals surface area (Å²) >= 11 is 0. The minimum Gasteiger partial charge on any atom is -0.375 e. The summed E-state index contributed by atoms with van der Waals surface area (Å²) in [4.78, 5) is 12.6. The maximum Gasteiger partial charge on any atom is 0.269 e. The largest absolute Gasteiger partial charge is 0.375 e. The molecule has 5 heteroatoms. The van der Waals surface area contributed by atoms with Gasteiger partial charge in [-0.1, -0.05) is 12.1 Å². The van der Waals surface area contributed by atoms with Gasteiger partial charge in [0.2, 0.25) is 0 Å². The normalized spacial score (nSPS) is 27.5. The zero-order valence-corrected chi connectivity index (χ0v) is 9.41. The highest BCUT2D eigenvalue weighted by Crippen LogP contribution is 2.29. The van der Waals surface area contributed by atoms with Crippen LogP contribution in [0, 0.1) is 10.1 Å². The molecule has 1 aromatic rings. The molecule has 2 saturated heterocycles. The van der Waals surface area contributed by atoms with Crippen molar-refractivity contribution in [2.45, 2.75) is 25.1 Å². The number of likely N-dealkylation sites (tertiary alicyclic amines) is 1. The molecular formula is C12H14N2O3. The van der Waals surface area contributed by atoms with E-state index < -0.39 is 0 Å². The van der Waals surface area contributed by atoms with Gasteiger partial charge >= 0.3 is 0 Å². The van der Waals surface area contributed by atoms with Crippen LogP contribution >= 0.6 is 0 Å². The quantitative estimate of drug-likeness (QED) is 0.588. The molecule has 2 aliphatic rings. The minimum absolute atomic E-state index is 0.153. The molecule has 2 heterocycles. The summed E-state index contributed by atoms with van der Waals surface area (Å²) in [5.74, 6) is 0. The summed E-state index contributed by atoms with van der Waals surface area (Å²) in [5.41, 5.74) is 1.28. The number of nitro groups is 1. The van der Waals surface area contributed by atoms with Crippen molar-refractivity contribution < 1.29 is 9.66 Å². The molecule has 5 nitrogen and oxygen atoms in total. The first kappa shape index (κ1) is 10.7. The van der Waals surface area contributed by atoms with Crippen molar-refractivity contribution in [3.05, 3.63) is 39.9 Å². The lowest BCUT2D eigenvalue weighted by Gasteiger charge is -2.26. The van der Waals surface area contributed by atoms with E-state index >= 15 is 0 Å². The van der Waals surface area contributed by atoms with Crippen LogP contribution in [-0.2, 0) is 11.3 Å². The van der Waals surface area contributed by atoms with E-state index in [4.69, 9.17) is 4.74 Å². The topological polar surface area (TPSA) is 55.6 Å².